The quantitative estimate of drug-likeness (QED) is 0.383. The van der Waals surface area contributed by atoms with Crippen LogP contribution in [0.15, 0.2) is 24.3 Å². The molecule has 4 aliphatic carbocycles. The third-order valence-corrected chi connectivity index (χ3v) is 12.9. The Bertz CT molecular complexity index is 1080. The topological polar surface area (TPSA) is 86.6 Å². The van der Waals surface area contributed by atoms with Gasteiger partial charge < -0.3 is 33.9 Å². The Balaban J connectivity index is 1.15. The molecule has 6 fully saturated rings. The average Bonchev–Trinajstić information content (AvgIpc) is 3.56. The van der Waals surface area contributed by atoms with Gasteiger partial charge >= 0.3 is 0 Å². The van der Waals surface area contributed by atoms with Gasteiger partial charge in [-0.15, -0.1) is 0 Å². The van der Waals surface area contributed by atoms with Gasteiger partial charge in [-0.05, 0) is 123 Å². The lowest BCUT2D eigenvalue weighted by Gasteiger charge is -2.63. The summed E-state index contributed by atoms with van der Waals surface area (Å²) in [5.41, 5.74) is -0.339. The van der Waals surface area contributed by atoms with Crippen molar-refractivity contribution >= 4 is 0 Å². The molecular formula is C35H52O7. The molecule has 0 bridgehead atoms. The summed E-state index contributed by atoms with van der Waals surface area (Å²) in [4.78, 5) is 0. The fraction of sp³-hybridized carbons (Fsp3) is 0.829. The molecule has 1 spiro atoms. The average molecular weight is 585 g/mol. The number of rotatable bonds is 7. The zero-order valence-corrected chi connectivity index (χ0v) is 25.7. The minimum Gasteiger partial charge on any atom is -0.497 e. The van der Waals surface area contributed by atoms with Crippen molar-refractivity contribution in [1.29, 1.82) is 0 Å². The third kappa shape index (κ3) is 4.95. The molecule has 0 aromatic heterocycles. The Morgan fingerprint density at radius 2 is 1.69 bits per heavy atom. The van der Waals surface area contributed by atoms with Gasteiger partial charge in [-0.2, -0.15) is 0 Å². The highest BCUT2D eigenvalue weighted by Gasteiger charge is 2.67. The maximum absolute atomic E-state index is 12.5. The predicted molar refractivity (Wildman–Crippen MR) is 158 cm³/mol. The normalized spacial score (nSPS) is 44.4. The smallest absolute Gasteiger partial charge is 0.171 e. The highest BCUT2D eigenvalue weighted by molar-refractivity contribution is 5.32. The Labute approximate surface area is 251 Å². The van der Waals surface area contributed by atoms with Gasteiger partial charge in [-0.25, -0.2) is 0 Å². The van der Waals surface area contributed by atoms with Crippen molar-refractivity contribution in [2.45, 2.75) is 120 Å². The minimum atomic E-state index is -0.768. The molecule has 234 valence electrons. The molecule has 0 amide bonds. The maximum Gasteiger partial charge on any atom is 0.171 e. The summed E-state index contributed by atoms with van der Waals surface area (Å²) >= 11 is 0. The van der Waals surface area contributed by atoms with E-state index in [4.69, 9.17) is 23.7 Å². The second-order valence-electron chi connectivity index (χ2n) is 14.8. The van der Waals surface area contributed by atoms with Crippen LogP contribution < -0.4 is 4.74 Å². The Hall–Kier alpha value is -1.22. The second-order valence-corrected chi connectivity index (χ2v) is 14.8. The number of hydrogen-bond donors (Lipinski definition) is 2. The number of hydrogen-bond acceptors (Lipinski definition) is 7. The molecule has 1 aromatic rings. The van der Waals surface area contributed by atoms with Crippen LogP contribution in [0.5, 0.6) is 5.75 Å². The van der Waals surface area contributed by atoms with E-state index in [2.05, 4.69) is 31.2 Å². The lowest BCUT2D eigenvalue weighted by atomic mass is 9.44. The first-order valence-corrected chi connectivity index (χ1v) is 16.9. The first kappa shape index (κ1) is 29.5. The van der Waals surface area contributed by atoms with Gasteiger partial charge in [-0.3, -0.25) is 0 Å². The highest BCUT2D eigenvalue weighted by atomic mass is 16.7. The van der Waals surface area contributed by atoms with Crippen molar-refractivity contribution in [2.24, 2.45) is 29.1 Å². The van der Waals surface area contributed by atoms with E-state index in [1.165, 1.54) is 12.0 Å². The van der Waals surface area contributed by atoms with Crippen LogP contribution in [0, 0.1) is 29.1 Å². The molecule has 42 heavy (non-hydrogen) atoms. The van der Waals surface area contributed by atoms with Crippen molar-refractivity contribution in [2.75, 3.05) is 33.5 Å². The monoisotopic (exact) mass is 584 g/mol. The van der Waals surface area contributed by atoms with E-state index in [1.54, 1.807) is 7.11 Å². The number of benzene rings is 1. The number of fused-ring (bicyclic) bond motifs is 5. The van der Waals surface area contributed by atoms with Crippen LogP contribution in [0.3, 0.4) is 0 Å². The molecule has 9 atom stereocenters. The SMILES string of the molecule is COc1ccc([C@H]2C[C@@]3(C)[C@H](CC[C@]3(O)CCCOC3CCCCO3)[C@@H]3CC[C@@]4(O)CC5(CC[C@@H]4[C@H]32)OCCO5)cc1. The number of ether oxygens (including phenoxy) is 5. The Kier molecular flexibility index (Phi) is 7.93. The van der Waals surface area contributed by atoms with E-state index in [-0.39, 0.29) is 23.5 Å². The van der Waals surface area contributed by atoms with E-state index in [9.17, 15) is 10.2 Å². The molecule has 2 saturated heterocycles. The van der Waals surface area contributed by atoms with Crippen molar-refractivity contribution in [3.05, 3.63) is 29.8 Å². The lowest BCUT2D eigenvalue weighted by molar-refractivity contribution is -0.260. The van der Waals surface area contributed by atoms with Crippen LogP contribution in [-0.4, -0.2) is 67.0 Å². The summed E-state index contributed by atoms with van der Waals surface area (Å²) in [6, 6.07) is 8.62. The summed E-state index contributed by atoms with van der Waals surface area (Å²) in [5.74, 6) is 2.08. The molecular weight excluding hydrogens is 532 g/mol. The summed E-state index contributed by atoms with van der Waals surface area (Å²) in [6.07, 6.45) is 11.8. The zero-order valence-electron chi connectivity index (χ0n) is 25.7. The molecule has 2 N–H and O–H groups in total. The fourth-order valence-electron chi connectivity index (χ4n) is 10.8. The highest BCUT2D eigenvalue weighted by Crippen LogP contribution is 2.70. The van der Waals surface area contributed by atoms with Crippen LogP contribution in [-0.2, 0) is 18.9 Å². The van der Waals surface area contributed by atoms with Crippen LogP contribution >= 0.6 is 0 Å². The lowest BCUT2D eigenvalue weighted by Crippen LogP contribution is -2.62. The molecule has 6 aliphatic rings. The number of methoxy groups -OCH3 is 1. The molecule has 0 radical (unpaired) electrons. The van der Waals surface area contributed by atoms with Crippen molar-refractivity contribution in [1.82, 2.24) is 0 Å². The standard InChI is InChI=1S/C35H52O7/c1-32-22-27(24-7-9-25(38-2)10-8-24)31-26(11-15-33(36)23-35(17-13-29(31)33)41-20-21-42-35)28(32)12-16-34(32,37)14-5-19-40-30-6-3-4-18-39-30/h7-10,26-31,36-37H,3-6,11-23H2,1-2H3/t26-,27+,28+,29+,30?,31+,32-,33+,34+/m0/s1. The van der Waals surface area contributed by atoms with Gasteiger partial charge in [0.15, 0.2) is 12.1 Å². The summed E-state index contributed by atoms with van der Waals surface area (Å²) in [7, 11) is 1.71. The summed E-state index contributed by atoms with van der Waals surface area (Å²) in [5, 5.41) is 24.8. The largest absolute Gasteiger partial charge is 0.497 e. The third-order valence-electron chi connectivity index (χ3n) is 12.9. The molecule has 7 rings (SSSR count). The van der Waals surface area contributed by atoms with Gasteiger partial charge in [0.1, 0.15) is 5.75 Å². The summed E-state index contributed by atoms with van der Waals surface area (Å²) in [6.45, 7) is 5.07. The number of aliphatic hydroxyl groups is 2. The van der Waals surface area contributed by atoms with E-state index in [0.717, 1.165) is 83.0 Å². The molecule has 7 heteroatoms. The second kappa shape index (κ2) is 11.3. The first-order chi connectivity index (χ1) is 20.3. The summed E-state index contributed by atoms with van der Waals surface area (Å²) < 4.78 is 29.6. The van der Waals surface area contributed by atoms with Crippen LogP contribution in [0.2, 0.25) is 0 Å². The maximum atomic E-state index is 12.5. The van der Waals surface area contributed by atoms with E-state index < -0.39 is 17.0 Å². The Morgan fingerprint density at radius 3 is 2.43 bits per heavy atom. The van der Waals surface area contributed by atoms with Gasteiger partial charge in [-0.1, -0.05) is 19.1 Å². The molecule has 2 heterocycles. The van der Waals surface area contributed by atoms with E-state index in [0.29, 0.717) is 44.0 Å². The van der Waals surface area contributed by atoms with Gasteiger partial charge in [0.2, 0.25) is 0 Å². The van der Waals surface area contributed by atoms with Crippen LogP contribution in [0.1, 0.15) is 102 Å². The van der Waals surface area contributed by atoms with Crippen LogP contribution in [0.25, 0.3) is 0 Å². The first-order valence-electron chi connectivity index (χ1n) is 16.9. The predicted octanol–water partition coefficient (Wildman–Crippen LogP) is 5.95. The Morgan fingerprint density at radius 1 is 0.905 bits per heavy atom. The minimum absolute atomic E-state index is 0.0779. The van der Waals surface area contributed by atoms with Crippen molar-refractivity contribution in [3.8, 4) is 5.75 Å². The molecule has 1 unspecified atom stereocenters. The van der Waals surface area contributed by atoms with Crippen LogP contribution in [0.4, 0.5) is 0 Å². The molecule has 2 aliphatic heterocycles. The van der Waals surface area contributed by atoms with Gasteiger partial charge in [0.25, 0.3) is 0 Å². The molecule has 7 nitrogen and oxygen atoms in total. The van der Waals surface area contributed by atoms with Crippen molar-refractivity contribution in [3.63, 3.8) is 0 Å². The zero-order chi connectivity index (χ0) is 29.0. The van der Waals surface area contributed by atoms with E-state index >= 15 is 0 Å². The van der Waals surface area contributed by atoms with Crippen molar-refractivity contribution < 1.29 is 33.9 Å². The van der Waals surface area contributed by atoms with E-state index in [1.807, 2.05) is 0 Å². The van der Waals surface area contributed by atoms with Gasteiger partial charge in [0.05, 0.1) is 31.5 Å². The molecule has 4 saturated carbocycles. The fourth-order valence-corrected chi connectivity index (χ4v) is 10.8. The van der Waals surface area contributed by atoms with Gasteiger partial charge in [0, 0.05) is 26.1 Å². The molecule has 1 aromatic carbocycles.